The minimum atomic E-state index is -0.334. The van der Waals surface area contributed by atoms with Crippen molar-refractivity contribution in [1.82, 2.24) is 19.9 Å². The van der Waals surface area contributed by atoms with E-state index in [1.807, 2.05) is 13.0 Å². The number of amides is 1. The number of imidazole rings is 1. The number of nitrogens with one attached hydrogen (secondary N) is 2. The van der Waals surface area contributed by atoms with Crippen LogP contribution in [-0.2, 0) is 4.79 Å². The number of carbonyl (C=O) groups is 1. The molecular weight excluding hydrogens is 254 g/mol. The fourth-order valence-electron chi connectivity index (χ4n) is 1.26. The van der Waals surface area contributed by atoms with Crippen LogP contribution in [0.5, 0.6) is 0 Å². The molecule has 0 aromatic carbocycles. The summed E-state index contributed by atoms with van der Waals surface area (Å²) in [5, 5.41) is 2.72. The molecule has 0 aliphatic heterocycles. The fourth-order valence-corrected chi connectivity index (χ4v) is 1.48. The molecule has 0 aliphatic rings. The van der Waals surface area contributed by atoms with Gasteiger partial charge in [-0.15, -0.1) is 0 Å². The second-order valence-electron chi connectivity index (χ2n) is 3.31. The fraction of sp³-hybridized carbons (Fsp3) is 0.0909. The normalized spacial score (nSPS) is 11.7. The molecule has 0 saturated heterocycles. The SMILES string of the molecule is CC=CC=CC(=O)Nc1nc(Cl)c2[nH]cnc2n1. The first-order valence-electron chi connectivity index (χ1n) is 5.17. The van der Waals surface area contributed by atoms with Crippen LogP contribution < -0.4 is 5.32 Å². The number of H-pyrrole nitrogens is 1. The molecule has 0 radical (unpaired) electrons. The zero-order valence-electron chi connectivity index (χ0n) is 9.51. The minimum Gasteiger partial charge on any atom is -0.341 e. The first-order valence-corrected chi connectivity index (χ1v) is 5.55. The van der Waals surface area contributed by atoms with Crippen molar-refractivity contribution in [1.29, 1.82) is 0 Å². The third kappa shape index (κ3) is 2.72. The monoisotopic (exact) mass is 263 g/mol. The van der Waals surface area contributed by atoms with E-state index in [1.165, 1.54) is 12.4 Å². The lowest BCUT2D eigenvalue weighted by atomic mass is 10.4. The maximum absolute atomic E-state index is 11.5. The molecule has 1 amide bonds. The van der Waals surface area contributed by atoms with Gasteiger partial charge in [-0.2, -0.15) is 9.97 Å². The summed E-state index contributed by atoms with van der Waals surface area (Å²) >= 11 is 5.91. The summed E-state index contributed by atoms with van der Waals surface area (Å²) in [6.07, 6.45) is 8.00. The van der Waals surface area contributed by atoms with E-state index < -0.39 is 0 Å². The van der Waals surface area contributed by atoms with E-state index >= 15 is 0 Å². The predicted octanol–water partition coefficient (Wildman–Crippen LogP) is 2.08. The van der Waals surface area contributed by atoms with Crippen molar-refractivity contribution >= 4 is 34.6 Å². The Hall–Kier alpha value is -2.21. The van der Waals surface area contributed by atoms with Crippen molar-refractivity contribution in [3.63, 3.8) is 0 Å². The Morgan fingerprint density at radius 3 is 3.06 bits per heavy atom. The minimum absolute atomic E-state index is 0.120. The highest BCUT2D eigenvalue weighted by atomic mass is 35.5. The molecule has 0 aliphatic carbocycles. The highest BCUT2D eigenvalue weighted by molar-refractivity contribution is 6.33. The van der Waals surface area contributed by atoms with E-state index in [0.717, 1.165) is 0 Å². The van der Waals surface area contributed by atoms with Crippen LogP contribution >= 0.6 is 11.6 Å². The average molecular weight is 264 g/mol. The van der Waals surface area contributed by atoms with E-state index in [2.05, 4.69) is 25.3 Å². The Balaban J connectivity index is 2.19. The lowest BCUT2D eigenvalue weighted by Gasteiger charge is -2.00. The van der Waals surface area contributed by atoms with Crippen LogP contribution in [-0.4, -0.2) is 25.8 Å². The van der Waals surface area contributed by atoms with Gasteiger partial charge in [0.05, 0.1) is 6.33 Å². The van der Waals surface area contributed by atoms with Gasteiger partial charge in [-0.1, -0.05) is 29.8 Å². The Kier molecular flexibility index (Phi) is 3.69. The number of rotatable bonds is 3. The van der Waals surface area contributed by atoms with Crippen LogP contribution in [0.2, 0.25) is 5.15 Å². The average Bonchev–Trinajstić information content (AvgIpc) is 2.78. The molecule has 0 bridgehead atoms. The molecule has 6 nitrogen and oxygen atoms in total. The third-order valence-electron chi connectivity index (χ3n) is 2.03. The number of allylic oxidation sites excluding steroid dienone is 3. The predicted molar refractivity (Wildman–Crippen MR) is 69.3 cm³/mol. The maximum Gasteiger partial charge on any atom is 0.250 e. The van der Waals surface area contributed by atoms with Gasteiger partial charge in [0.2, 0.25) is 5.95 Å². The van der Waals surface area contributed by atoms with E-state index in [9.17, 15) is 4.79 Å². The van der Waals surface area contributed by atoms with Gasteiger partial charge in [0.15, 0.2) is 10.8 Å². The van der Waals surface area contributed by atoms with Crippen LogP contribution in [0.25, 0.3) is 11.2 Å². The molecule has 2 heterocycles. The Morgan fingerprint density at radius 2 is 2.28 bits per heavy atom. The number of aromatic nitrogens is 4. The van der Waals surface area contributed by atoms with Gasteiger partial charge in [-0.25, -0.2) is 4.98 Å². The van der Waals surface area contributed by atoms with Crippen molar-refractivity contribution in [2.45, 2.75) is 6.92 Å². The molecule has 0 unspecified atom stereocenters. The highest BCUT2D eigenvalue weighted by Crippen LogP contribution is 2.17. The summed E-state index contributed by atoms with van der Waals surface area (Å²) in [4.78, 5) is 26.2. The Morgan fingerprint density at radius 1 is 1.44 bits per heavy atom. The zero-order valence-corrected chi connectivity index (χ0v) is 10.3. The summed E-state index contributed by atoms with van der Waals surface area (Å²) in [6.45, 7) is 1.86. The molecule has 2 N–H and O–H groups in total. The number of hydrogen-bond donors (Lipinski definition) is 2. The van der Waals surface area contributed by atoms with Crippen molar-refractivity contribution in [3.05, 3.63) is 35.8 Å². The Labute approximate surface area is 108 Å². The smallest absolute Gasteiger partial charge is 0.250 e. The summed E-state index contributed by atoms with van der Waals surface area (Å²) < 4.78 is 0. The van der Waals surface area contributed by atoms with Crippen LogP contribution in [0.15, 0.2) is 30.6 Å². The lowest BCUT2D eigenvalue weighted by Crippen LogP contribution is -2.11. The second-order valence-corrected chi connectivity index (χ2v) is 3.67. The molecule has 0 fully saturated rings. The van der Waals surface area contributed by atoms with Crippen molar-refractivity contribution in [3.8, 4) is 0 Å². The van der Waals surface area contributed by atoms with Crippen LogP contribution in [0, 0.1) is 0 Å². The van der Waals surface area contributed by atoms with Crippen LogP contribution in [0.1, 0.15) is 6.92 Å². The first kappa shape index (κ1) is 12.3. The molecule has 0 saturated carbocycles. The number of anilines is 1. The maximum atomic E-state index is 11.5. The van der Waals surface area contributed by atoms with Gasteiger partial charge in [0, 0.05) is 6.08 Å². The van der Waals surface area contributed by atoms with Crippen molar-refractivity contribution in [2.24, 2.45) is 0 Å². The molecule has 2 aromatic rings. The zero-order chi connectivity index (χ0) is 13.0. The number of aromatic amines is 1. The van der Waals surface area contributed by atoms with E-state index in [-0.39, 0.29) is 17.0 Å². The molecule has 0 spiro atoms. The number of carbonyl (C=O) groups excluding carboxylic acids is 1. The molecule has 92 valence electrons. The molecule has 18 heavy (non-hydrogen) atoms. The number of fused-ring (bicyclic) bond motifs is 1. The van der Waals surface area contributed by atoms with Crippen molar-refractivity contribution < 1.29 is 4.79 Å². The Bertz CT molecular complexity index is 631. The summed E-state index contributed by atoms with van der Waals surface area (Å²) in [6, 6.07) is 0. The quantitative estimate of drug-likeness (QED) is 0.504. The standard InChI is InChI=1S/C11H10ClN5O/c1-2-3-4-5-7(18)15-11-16-9(12)8-10(17-11)14-6-13-8/h2-6H,1H3,(H2,13,14,15,16,17,18). The second kappa shape index (κ2) is 5.42. The first-order chi connectivity index (χ1) is 8.70. The molecule has 2 rings (SSSR count). The third-order valence-corrected chi connectivity index (χ3v) is 2.30. The molecule has 2 aromatic heterocycles. The summed E-state index contributed by atoms with van der Waals surface area (Å²) in [5.41, 5.74) is 0.946. The van der Waals surface area contributed by atoms with Gasteiger partial charge >= 0.3 is 0 Å². The van der Waals surface area contributed by atoms with Gasteiger partial charge in [-0.05, 0) is 6.92 Å². The van der Waals surface area contributed by atoms with Gasteiger partial charge in [0.1, 0.15) is 5.52 Å². The summed E-state index contributed by atoms with van der Waals surface area (Å²) in [5.74, 6) is -0.214. The van der Waals surface area contributed by atoms with Crippen LogP contribution in [0.4, 0.5) is 5.95 Å². The van der Waals surface area contributed by atoms with E-state index in [4.69, 9.17) is 11.6 Å². The van der Waals surface area contributed by atoms with Gasteiger partial charge in [-0.3, -0.25) is 10.1 Å². The topological polar surface area (TPSA) is 83.6 Å². The number of halogens is 1. The molecule has 0 atom stereocenters. The van der Waals surface area contributed by atoms with Crippen molar-refractivity contribution in [2.75, 3.05) is 5.32 Å². The van der Waals surface area contributed by atoms with Gasteiger partial charge < -0.3 is 4.98 Å². The lowest BCUT2D eigenvalue weighted by molar-refractivity contribution is -0.111. The summed E-state index contributed by atoms with van der Waals surface area (Å²) in [7, 11) is 0. The van der Waals surface area contributed by atoms with Gasteiger partial charge in [0.25, 0.3) is 5.91 Å². The van der Waals surface area contributed by atoms with Crippen LogP contribution in [0.3, 0.4) is 0 Å². The van der Waals surface area contributed by atoms with E-state index in [1.54, 1.807) is 12.2 Å². The number of nitrogens with zero attached hydrogens (tertiary/aromatic N) is 3. The number of hydrogen-bond acceptors (Lipinski definition) is 4. The largest absolute Gasteiger partial charge is 0.341 e. The molecular formula is C11H10ClN5O. The van der Waals surface area contributed by atoms with E-state index in [0.29, 0.717) is 11.2 Å². The highest BCUT2D eigenvalue weighted by Gasteiger charge is 2.08. The molecule has 7 heteroatoms.